The second kappa shape index (κ2) is 10.4. The topological polar surface area (TPSA) is 119 Å². The molecule has 3 amide bonds. The molecule has 36 heavy (non-hydrogen) atoms. The average molecular weight is 487 g/mol. The molecule has 1 aliphatic heterocycles. The highest BCUT2D eigenvalue weighted by molar-refractivity contribution is 6.06. The number of aromatic nitrogens is 4. The predicted molar refractivity (Wildman–Crippen MR) is 130 cm³/mol. The molecule has 1 aromatic carbocycles. The third-order valence-corrected chi connectivity index (χ3v) is 5.63. The number of hydrogen-bond acceptors (Lipinski definition) is 7. The van der Waals surface area contributed by atoms with E-state index in [1.54, 1.807) is 46.1 Å². The van der Waals surface area contributed by atoms with E-state index in [9.17, 15) is 9.59 Å². The van der Waals surface area contributed by atoms with Crippen molar-refractivity contribution in [1.29, 1.82) is 0 Å². The molecule has 0 unspecified atom stereocenters. The van der Waals surface area contributed by atoms with Crippen molar-refractivity contribution in [3.63, 3.8) is 0 Å². The van der Waals surface area contributed by atoms with Crippen LogP contribution >= 0.6 is 0 Å². The molecular weight excluding hydrogens is 462 g/mol. The van der Waals surface area contributed by atoms with E-state index >= 15 is 0 Å². The van der Waals surface area contributed by atoms with Crippen molar-refractivity contribution < 1.29 is 18.7 Å². The maximum atomic E-state index is 13.0. The summed E-state index contributed by atoms with van der Waals surface area (Å²) in [6.45, 7) is 2.36. The molecule has 11 nitrogen and oxygen atoms in total. The molecule has 1 saturated heterocycles. The largest absolute Gasteiger partial charge is 0.444 e. The number of carbonyl (C=O) groups is 2. The van der Waals surface area contributed by atoms with Crippen LogP contribution in [0, 0.1) is 6.20 Å². The zero-order valence-corrected chi connectivity index (χ0v) is 19.6. The van der Waals surface area contributed by atoms with Gasteiger partial charge in [0.25, 0.3) is 5.91 Å². The van der Waals surface area contributed by atoms with E-state index < -0.39 is 5.91 Å². The number of hydrogen-bond donors (Lipinski definition) is 1. The Bertz CT molecular complexity index is 1340. The van der Waals surface area contributed by atoms with Crippen molar-refractivity contribution in [1.82, 2.24) is 24.6 Å². The van der Waals surface area contributed by atoms with Gasteiger partial charge in [0.1, 0.15) is 12.0 Å². The standard InChI is InChI=1S/C25H24N7O4/c1-30-15-20(27-23(33)21-17-36-24(28-21)19-7-9-26-10-8-19)22(29-30)32-12-11-31(25(32)34)13-14-35-16-18-5-3-2-4-6-18/h2-9,15,17H,11-14,16H2,1H3,(H,27,33). The van der Waals surface area contributed by atoms with Crippen LogP contribution in [0.5, 0.6) is 0 Å². The minimum absolute atomic E-state index is 0.0987. The summed E-state index contributed by atoms with van der Waals surface area (Å²) in [7, 11) is 1.73. The van der Waals surface area contributed by atoms with E-state index in [1.807, 2.05) is 30.3 Å². The highest BCUT2D eigenvalue weighted by Gasteiger charge is 2.33. The first kappa shape index (κ1) is 23.2. The van der Waals surface area contributed by atoms with Crippen LogP contribution < -0.4 is 10.2 Å². The Labute approximate surface area is 207 Å². The second-order valence-electron chi connectivity index (χ2n) is 8.17. The number of pyridine rings is 1. The first-order valence-electron chi connectivity index (χ1n) is 11.4. The van der Waals surface area contributed by atoms with Gasteiger partial charge in [0, 0.05) is 38.4 Å². The number of ether oxygens (including phenoxy) is 1. The first-order valence-corrected chi connectivity index (χ1v) is 11.4. The van der Waals surface area contributed by atoms with Crippen LogP contribution in [0.3, 0.4) is 0 Å². The summed E-state index contributed by atoms with van der Waals surface area (Å²) in [5, 5.41) is 7.20. The first-order chi connectivity index (χ1) is 17.6. The van der Waals surface area contributed by atoms with Gasteiger partial charge in [0.05, 0.1) is 25.6 Å². The van der Waals surface area contributed by atoms with Gasteiger partial charge in [0.2, 0.25) is 5.89 Å². The van der Waals surface area contributed by atoms with E-state index in [4.69, 9.17) is 9.15 Å². The summed E-state index contributed by atoms with van der Waals surface area (Å²) >= 11 is 0. The normalized spacial score (nSPS) is 13.4. The molecule has 1 radical (unpaired) electrons. The number of nitrogens with one attached hydrogen (secondary N) is 1. The lowest BCUT2D eigenvalue weighted by Crippen LogP contribution is -2.34. The molecule has 4 aromatic rings. The maximum Gasteiger partial charge on any atom is 0.325 e. The molecule has 0 saturated carbocycles. The van der Waals surface area contributed by atoms with E-state index in [1.165, 1.54) is 6.26 Å². The van der Waals surface area contributed by atoms with Crippen molar-refractivity contribution in [3.8, 4) is 11.5 Å². The van der Waals surface area contributed by atoms with Gasteiger partial charge in [-0.25, -0.2) is 9.78 Å². The Morgan fingerprint density at radius 2 is 2.08 bits per heavy atom. The summed E-state index contributed by atoms with van der Waals surface area (Å²) < 4.78 is 12.7. The van der Waals surface area contributed by atoms with Crippen LogP contribution in [0.15, 0.2) is 65.5 Å². The number of rotatable bonds is 9. The van der Waals surface area contributed by atoms with E-state index in [0.717, 1.165) is 5.56 Å². The molecule has 0 aliphatic carbocycles. The van der Waals surface area contributed by atoms with Crippen molar-refractivity contribution in [2.45, 2.75) is 6.61 Å². The Balaban J connectivity index is 1.20. The summed E-state index contributed by atoms with van der Waals surface area (Å²) in [6, 6.07) is 13.0. The monoisotopic (exact) mass is 486 g/mol. The number of carbonyl (C=O) groups excluding carboxylic acids is 2. The molecule has 1 fully saturated rings. The van der Waals surface area contributed by atoms with Crippen LogP contribution in [-0.2, 0) is 18.4 Å². The lowest BCUT2D eigenvalue weighted by Gasteiger charge is -2.18. The highest BCUT2D eigenvalue weighted by atomic mass is 16.5. The molecule has 1 aliphatic rings. The fourth-order valence-corrected chi connectivity index (χ4v) is 3.84. The van der Waals surface area contributed by atoms with Gasteiger partial charge in [-0.2, -0.15) is 5.10 Å². The summed E-state index contributed by atoms with van der Waals surface area (Å²) in [5.74, 6) is 0.177. The summed E-state index contributed by atoms with van der Waals surface area (Å²) in [5.41, 5.74) is 2.24. The van der Waals surface area contributed by atoms with Gasteiger partial charge < -0.3 is 19.4 Å². The van der Waals surface area contributed by atoms with E-state index in [0.29, 0.717) is 49.9 Å². The number of amides is 3. The molecule has 5 rings (SSSR count). The lowest BCUT2D eigenvalue weighted by molar-refractivity contribution is 0.102. The van der Waals surface area contributed by atoms with Crippen molar-refractivity contribution in [2.75, 3.05) is 36.5 Å². The third kappa shape index (κ3) is 5.10. The molecule has 3 aromatic heterocycles. The minimum Gasteiger partial charge on any atom is -0.444 e. The molecule has 0 spiro atoms. The number of aryl methyl sites for hydroxylation is 1. The van der Waals surface area contributed by atoms with Crippen LogP contribution in [0.2, 0.25) is 0 Å². The van der Waals surface area contributed by atoms with Gasteiger partial charge >= 0.3 is 6.03 Å². The van der Waals surface area contributed by atoms with Gasteiger partial charge in [-0.05, 0) is 17.7 Å². The van der Waals surface area contributed by atoms with Gasteiger partial charge in [-0.1, -0.05) is 30.3 Å². The smallest absolute Gasteiger partial charge is 0.325 e. The molecule has 183 valence electrons. The Morgan fingerprint density at radius 1 is 1.22 bits per heavy atom. The zero-order valence-electron chi connectivity index (χ0n) is 19.6. The summed E-state index contributed by atoms with van der Waals surface area (Å²) in [4.78, 5) is 37.2. The summed E-state index contributed by atoms with van der Waals surface area (Å²) in [6.07, 6.45) is 7.18. The molecule has 4 heterocycles. The van der Waals surface area contributed by atoms with Gasteiger partial charge in [-0.15, -0.1) is 0 Å². The third-order valence-electron chi connectivity index (χ3n) is 5.63. The number of oxazole rings is 1. The predicted octanol–water partition coefficient (Wildman–Crippen LogP) is 2.98. The zero-order chi connectivity index (χ0) is 24.9. The molecular formula is C25H24N7O4. The Morgan fingerprint density at radius 3 is 2.89 bits per heavy atom. The van der Waals surface area contributed by atoms with Crippen molar-refractivity contribution >= 4 is 23.4 Å². The van der Waals surface area contributed by atoms with Crippen LogP contribution in [0.25, 0.3) is 11.5 Å². The molecule has 1 N–H and O–H groups in total. The van der Waals surface area contributed by atoms with Gasteiger partial charge in [0.15, 0.2) is 11.5 Å². The number of benzene rings is 1. The quantitative estimate of drug-likeness (QED) is 0.361. The molecule has 0 bridgehead atoms. The van der Waals surface area contributed by atoms with Crippen LogP contribution in [0.1, 0.15) is 16.1 Å². The van der Waals surface area contributed by atoms with Crippen molar-refractivity contribution in [3.05, 3.63) is 78.6 Å². The van der Waals surface area contributed by atoms with Crippen LogP contribution in [0.4, 0.5) is 16.3 Å². The number of nitrogens with zero attached hydrogens (tertiary/aromatic N) is 6. The second-order valence-corrected chi connectivity index (χ2v) is 8.17. The SMILES string of the molecule is Cn1cc(NC(=O)c2coc(-c3c[c]ncc3)n2)c(N2CCN(CCOCc3ccccc3)C2=O)n1. The lowest BCUT2D eigenvalue weighted by atomic mass is 10.2. The fraction of sp³-hybridized carbons (Fsp3) is 0.240. The highest BCUT2D eigenvalue weighted by Crippen LogP contribution is 2.28. The maximum absolute atomic E-state index is 13.0. The Hall–Kier alpha value is -4.51. The van der Waals surface area contributed by atoms with Crippen LogP contribution in [-0.4, -0.2) is 62.8 Å². The average Bonchev–Trinajstić information content (AvgIpc) is 3.62. The number of urea groups is 1. The molecule has 11 heteroatoms. The van der Waals surface area contributed by atoms with E-state index in [-0.39, 0.29) is 17.6 Å². The Kier molecular flexibility index (Phi) is 6.72. The molecule has 0 atom stereocenters. The minimum atomic E-state index is -0.477. The van der Waals surface area contributed by atoms with E-state index in [2.05, 4.69) is 26.6 Å². The fourth-order valence-electron chi connectivity index (χ4n) is 3.84. The van der Waals surface area contributed by atoms with Gasteiger partial charge in [-0.3, -0.25) is 19.4 Å². The van der Waals surface area contributed by atoms with Crippen molar-refractivity contribution in [2.24, 2.45) is 7.05 Å². The number of anilines is 2.